The molecule has 4 nitrogen and oxygen atoms in total. The molecular weight excluding hydrogens is 240 g/mol. The minimum absolute atomic E-state index is 0.0305. The van der Waals surface area contributed by atoms with Gasteiger partial charge in [0.1, 0.15) is 0 Å². The minimum Gasteiger partial charge on any atom is -0.353 e. The van der Waals surface area contributed by atoms with Crippen LogP contribution in [0, 0.1) is 5.92 Å². The molecule has 0 unspecified atom stereocenters. The van der Waals surface area contributed by atoms with E-state index in [0.29, 0.717) is 5.92 Å². The van der Waals surface area contributed by atoms with Gasteiger partial charge in [-0.3, -0.25) is 9.59 Å². The molecule has 108 valence electrons. The molecule has 0 aromatic heterocycles. The fraction of sp³-hybridized carbons (Fsp3) is 0.733. The summed E-state index contributed by atoms with van der Waals surface area (Å²) in [6.45, 7) is 6.27. The van der Waals surface area contributed by atoms with Gasteiger partial charge in [0.2, 0.25) is 11.8 Å². The highest BCUT2D eigenvalue weighted by atomic mass is 16.2. The summed E-state index contributed by atoms with van der Waals surface area (Å²) in [4.78, 5) is 23.5. The second-order valence-electron chi connectivity index (χ2n) is 5.53. The van der Waals surface area contributed by atoms with Crippen molar-refractivity contribution in [2.24, 2.45) is 5.92 Å². The Morgan fingerprint density at radius 1 is 1.11 bits per heavy atom. The molecule has 0 bridgehead atoms. The Morgan fingerprint density at radius 2 is 1.68 bits per heavy atom. The van der Waals surface area contributed by atoms with E-state index >= 15 is 0 Å². The van der Waals surface area contributed by atoms with Crippen molar-refractivity contribution in [2.75, 3.05) is 0 Å². The Morgan fingerprint density at radius 3 is 2.26 bits per heavy atom. The number of carbonyl (C=O) groups excluding carboxylic acids is 2. The topological polar surface area (TPSA) is 58.2 Å². The van der Waals surface area contributed by atoms with Crippen LogP contribution in [0.25, 0.3) is 0 Å². The molecule has 0 spiro atoms. The Hall–Kier alpha value is -1.32. The molecule has 2 amide bonds. The lowest BCUT2D eigenvalue weighted by molar-refractivity contribution is -0.127. The van der Waals surface area contributed by atoms with Crippen molar-refractivity contribution in [3.05, 3.63) is 12.2 Å². The van der Waals surface area contributed by atoms with E-state index in [4.69, 9.17) is 0 Å². The summed E-state index contributed by atoms with van der Waals surface area (Å²) >= 11 is 0. The predicted molar refractivity (Wildman–Crippen MR) is 76.6 cm³/mol. The first-order valence-electron chi connectivity index (χ1n) is 7.26. The quantitative estimate of drug-likeness (QED) is 0.752. The lowest BCUT2D eigenvalue weighted by Crippen LogP contribution is -2.40. The average Bonchev–Trinajstić information content (AvgIpc) is 2.36. The van der Waals surface area contributed by atoms with Gasteiger partial charge in [0.05, 0.1) is 0 Å². The summed E-state index contributed by atoms with van der Waals surface area (Å²) in [6.07, 6.45) is 7.40. The van der Waals surface area contributed by atoms with Gasteiger partial charge in [-0.1, -0.05) is 32.9 Å². The van der Waals surface area contributed by atoms with Gasteiger partial charge in [0, 0.05) is 24.9 Å². The van der Waals surface area contributed by atoms with Crippen LogP contribution in [-0.4, -0.2) is 23.9 Å². The molecule has 2 atom stereocenters. The van der Waals surface area contributed by atoms with Crippen LogP contribution in [0.3, 0.4) is 0 Å². The van der Waals surface area contributed by atoms with Gasteiger partial charge in [-0.15, -0.1) is 0 Å². The van der Waals surface area contributed by atoms with E-state index in [9.17, 15) is 9.59 Å². The maximum Gasteiger partial charge on any atom is 0.220 e. The van der Waals surface area contributed by atoms with Crippen LogP contribution < -0.4 is 10.6 Å². The van der Waals surface area contributed by atoms with Gasteiger partial charge in [-0.2, -0.15) is 0 Å². The van der Waals surface area contributed by atoms with Crippen molar-refractivity contribution in [1.82, 2.24) is 10.6 Å². The van der Waals surface area contributed by atoms with Gasteiger partial charge in [-0.25, -0.2) is 0 Å². The van der Waals surface area contributed by atoms with Gasteiger partial charge in [0.15, 0.2) is 0 Å². The van der Waals surface area contributed by atoms with Crippen LogP contribution in [0.15, 0.2) is 12.2 Å². The summed E-state index contributed by atoms with van der Waals surface area (Å²) in [6, 6.07) is 0.343. The SMILES string of the molecule is CC[C@H]1C/C=C\C[C@H](C(C)C)NC(=O)CCC(=O)N1. The third kappa shape index (κ3) is 5.90. The number of hydrogen-bond acceptors (Lipinski definition) is 2. The molecule has 0 fully saturated rings. The standard InChI is InChI=1S/C15H26N2O2/c1-4-12-7-5-6-8-13(11(2)3)17-15(19)10-9-14(18)16-12/h5-6,11-13H,4,7-10H2,1-3H3,(H,16,18)(H,17,19)/b6-5-/t12-,13+/m0/s1. The lowest BCUT2D eigenvalue weighted by Gasteiger charge is -2.22. The number of hydrogen-bond donors (Lipinski definition) is 2. The first kappa shape index (κ1) is 15.7. The van der Waals surface area contributed by atoms with Crippen LogP contribution in [0.5, 0.6) is 0 Å². The highest BCUT2D eigenvalue weighted by molar-refractivity contribution is 5.84. The number of rotatable bonds is 2. The summed E-state index contributed by atoms with van der Waals surface area (Å²) < 4.78 is 0. The molecule has 19 heavy (non-hydrogen) atoms. The van der Waals surface area contributed by atoms with Crippen LogP contribution in [0.4, 0.5) is 0 Å². The third-order valence-corrected chi connectivity index (χ3v) is 3.57. The lowest BCUT2D eigenvalue weighted by atomic mass is 9.99. The molecule has 1 aliphatic heterocycles. The fourth-order valence-electron chi connectivity index (χ4n) is 2.13. The highest BCUT2D eigenvalue weighted by Gasteiger charge is 2.17. The van der Waals surface area contributed by atoms with E-state index in [1.54, 1.807) is 0 Å². The maximum absolute atomic E-state index is 11.8. The minimum atomic E-state index is -0.0316. The second kappa shape index (κ2) is 7.97. The van der Waals surface area contributed by atoms with Gasteiger partial charge < -0.3 is 10.6 Å². The van der Waals surface area contributed by atoms with Crippen molar-refractivity contribution in [1.29, 1.82) is 0 Å². The molecule has 0 saturated heterocycles. The molecule has 0 saturated carbocycles. The average molecular weight is 266 g/mol. The normalized spacial score (nSPS) is 28.0. The van der Waals surface area contributed by atoms with Crippen molar-refractivity contribution in [3.63, 3.8) is 0 Å². The van der Waals surface area contributed by atoms with Crippen LogP contribution in [0.1, 0.15) is 52.9 Å². The summed E-state index contributed by atoms with van der Waals surface area (Å²) in [5, 5.41) is 5.98. The Balaban J connectivity index is 2.71. The van der Waals surface area contributed by atoms with Gasteiger partial charge >= 0.3 is 0 Å². The zero-order valence-corrected chi connectivity index (χ0v) is 12.2. The van der Waals surface area contributed by atoms with Gasteiger partial charge in [-0.05, 0) is 25.2 Å². The molecule has 1 heterocycles. The zero-order chi connectivity index (χ0) is 14.3. The van der Waals surface area contributed by atoms with Gasteiger partial charge in [0.25, 0.3) is 0 Å². The van der Waals surface area contributed by atoms with E-state index in [1.807, 2.05) is 0 Å². The number of amides is 2. The summed E-state index contributed by atoms with van der Waals surface area (Å²) in [5.74, 6) is 0.334. The summed E-state index contributed by atoms with van der Waals surface area (Å²) in [5.41, 5.74) is 0. The second-order valence-corrected chi connectivity index (χ2v) is 5.53. The molecule has 0 aromatic rings. The molecule has 0 aromatic carbocycles. The Labute approximate surface area is 116 Å². The third-order valence-electron chi connectivity index (χ3n) is 3.57. The van der Waals surface area contributed by atoms with Crippen LogP contribution >= 0.6 is 0 Å². The van der Waals surface area contributed by atoms with E-state index in [-0.39, 0.29) is 36.7 Å². The first-order chi connectivity index (χ1) is 9.02. The van der Waals surface area contributed by atoms with Crippen molar-refractivity contribution in [3.8, 4) is 0 Å². The first-order valence-corrected chi connectivity index (χ1v) is 7.26. The van der Waals surface area contributed by atoms with Crippen molar-refractivity contribution >= 4 is 11.8 Å². The number of nitrogens with one attached hydrogen (secondary N) is 2. The predicted octanol–water partition coefficient (Wildman–Crippen LogP) is 2.15. The van der Waals surface area contributed by atoms with Crippen molar-refractivity contribution < 1.29 is 9.59 Å². The Kier molecular flexibility index (Phi) is 6.60. The smallest absolute Gasteiger partial charge is 0.220 e. The molecule has 1 aliphatic rings. The number of carbonyl (C=O) groups is 2. The van der Waals surface area contributed by atoms with E-state index in [1.165, 1.54) is 0 Å². The molecule has 4 heteroatoms. The zero-order valence-electron chi connectivity index (χ0n) is 12.2. The molecule has 0 aliphatic carbocycles. The molecule has 0 radical (unpaired) electrons. The summed E-state index contributed by atoms with van der Waals surface area (Å²) in [7, 11) is 0. The Bertz CT molecular complexity index is 337. The van der Waals surface area contributed by atoms with Crippen LogP contribution in [0.2, 0.25) is 0 Å². The molecular formula is C15H26N2O2. The monoisotopic (exact) mass is 266 g/mol. The maximum atomic E-state index is 11.8. The molecule has 1 rings (SSSR count). The highest BCUT2D eigenvalue weighted by Crippen LogP contribution is 2.10. The van der Waals surface area contributed by atoms with E-state index in [2.05, 4.69) is 43.6 Å². The van der Waals surface area contributed by atoms with E-state index in [0.717, 1.165) is 19.3 Å². The largest absolute Gasteiger partial charge is 0.353 e. The van der Waals surface area contributed by atoms with Crippen molar-refractivity contribution in [2.45, 2.75) is 65.0 Å². The fourth-order valence-corrected chi connectivity index (χ4v) is 2.13. The van der Waals surface area contributed by atoms with Crippen LogP contribution in [-0.2, 0) is 9.59 Å². The molecule has 2 N–H and O–H groups in total. The van der Waals surface area contributed by atoms with E-state index < -0.39 is 0 Å².